The van der Waals surface area contributed by atoms with Gasteiger partial charge in [0.25, 0.3) is 0 Å². The third-order valence-corrected chi connectivity index (χ3v) is 8.94. The van der Waals surface area contributed by atoms with Crippen molar-refractivity contribution in [1.82, 2.24) is 15.2 Å². The highest BCUT2D eigenvalue weighted by atomic mass is 16.5. The first-order valence-electron chi connectivity index (χ1n) is 16.1. The number of fused-ring (bicyclic) bond motifs is 1. The van der Waals surface area contributed by atoms with Crippen LogP contribution in [0.2, 0.25) is 0 Å². The van der Waals surface area contributed by atoms with Crippen molar-refractivity contribution in [2.24, 2.45) is 0 Å². The van der Waals surface area contributed by atoms with E-state index in [1.165, 1.54) is 21.3 Å². The van der Waals surface area contributed by atoms with Crippen LogP contribution in [0.1, 0.15) is 54.8 Å². The number of methoxy groups -OCH3 is 5. The maximum absolute atomic E-state index is 14.5. The fourth-order valence-corrected chi connectivity index (χ4v) is 6.48. The summed E-state index contributed by atoms with van der Waals surface area (Å²) in [6.45, 7) is 0.260. The number of ether oxygens (including phenoxy) is 5. The molecule has 3 aromatic carbocycles. The third-order valence-electron chi connectivity index (χ3n) is 8.94. The molecule has 1 saturated carbocycles. The molecule has 1 heterocycles. The first-order valence-corrected chi connectivity index (χ1v) is 16.1. The number of carbonyl (C=O) groups excluding carboxylic acids is 2. The fourth-order valence-electron chi connectivity index (χ4n) is 6.48. The van der Waals surface area contributed by atoms with E-state index in [1.807, 2.05) is 48.7 Å². The number of aromatic amines is 1. The standard InChI is InChI=1S/C37H45N3O7/c1-43-30-16-15-24(19-31(30)44-2)17-18-40(34(41)22-26-23-38-29-14-10-9-13-28(26)29)35(37(42)39-27-11-7-6-8-12-27)25-20-32(45-3)36(47-5)33(21-25)46-4/h9-10,13-16,19-21,23,27,35,38H,6-8,11-12,17-18,22H2,1-5H3,(H,39,42). The number of carbonyl (C=O) groups is 2. The number of hydrogen-bond donors (Lipinski definition) is 2. The summed E-state index contributed by atoms with van der Waals surface area (Å²) in [7, 11) is 7.79. The summed E-state index contributed by atoms with van der Waals surface area (Å²) >= 11 is 0. The lowest BCUT2D eigenvalue weighted by Crippen LogP contribution is -2.48. The minimum Gasteiger partial charge on any atom is -0.493 e. The van der Waals surface area contributed by atoms with E-state index >= 15 is 0 Å². The number of hydrogen-bond acceptors (Lipinski definition) is 7. The van der Waals surface area contributed by atoms with Crippen LogP contribution in [0.25, 0.3) is 10.9 Å². The number of benzene rings is 3. The molecule has 0 aliphatic heterocycles. The highest BCUT2D eigenvalue weighted by molar-refractivity contribution is 5.93. The van der Waals surface area contributed by atoms with Crippen molar-refractivity contribution >= 4 is 22.7 Å². The second-order valence-corrected chi connectivity index (χ2v) is 11.8. The largest absolute Gasteiger partial charge is 0.493 e. The van der Waals surface area contributed by atoms with Crippen LogP contribution >= 0.6 is 0 Å². The van der Waals surface area contributed by atoms with Gasteiger partial charge in [0.15, 0.2) is 23.0 Å². The number of H-pyrrole nitrogens is 1. The quantitative estimate of drug-likeness (QED) is 0.173. The first-order chi connectivity index (χ1) is 22.9. The van der Waals surface area contributed by atoms with E-state index < -0.39 is 6.04 Å². The molecule has 5 rings (SSSR count). The molecule has 0 saturated heterocycles. The van der Waals surface area contributed by atoms with Gasteiger partial charge in [-0.05, 0) is 66.3 Å². The van der Waals surface area contributed by atoms with E-state index in [4.69, 9.17) is 23.7 Å². The Morgan fingerprint density at radius 3 is 2.17 bits per heavy atom. The summed E-state index contributed by atoms with van der Waals surface area (Å²) in [6, 6.07) is 16.2. The SMILES string of the molecule is COc1ccc(CCN(C(=O)Cc2c[nH]c3ccccc23)C(C(=O)NC2CCCCC2)c2cc(OC)c(OC)c(OC)c2)cc1OC. The zero-order valence-corrected chi connectivity index (χ0v) is 27.9. The zero-order valence-electron chi connectivity index (χ0n) is 27.9. The van der Waals surface area contributed by atoms with E-state index in [9.17, 15) is 9.59 Å². The maximum Gasteiger partial charge on any atom is 0.247 e. The van der Waals surface area contributed by atoms with Crippen molar-refractivity contribution in [3.8, 4) is 28.7 Å². The van der Waals surface area contributed by atoms with Crippen LogP contribution in [0, 0.1) is 0 Å². The van der Waals surface area contributed by atoms with Crippen molar-refractivity contribution in [2.45, 2.75) is 57.0 Å². The smallest absolute Gasteiger partial charge is 0.247 e. The van der Waals surface area contributed by atoms with Gasteiger partial charge in [0, 0.05) is 29.7 Å². The molecule has 1 aliphatic carbocycles. The molecule has 1 atom stereocenters. The average molecular weight is 644 g/mol. The molecule has 1 aromatic heterocycles. The Labute approximate surface area is 276 Å². The minimum atomic E-state index is -0.969. The molecule has 1 unspecified atom stereocenters. The van der Waals surface area contributed by atoms with Crippen LogP contribution in [0.4, 0.5) is 0 Å². The lowest BCUT2D eigenvalue weighted by molar-refractivity contribution is -0.140. The molecule has 1 aliphatic rings. The Hall–Kier alpha value is -4.86. The molecule has 4 aromatic rings. The van der Waals surface area contributed by atoms with Gasteiger partial charge in [-0.15, -0.1) is 0 Å². The summed E-state index contributed by atoms with van der Waals surface area (Å²) in [4.78, 5) is 34.0. The van der Waals surface area contributed by atoms with E-state index in [0.717, 1.165) is 54.1 Å². The van der Waals surface area contributed by atoms with Crippen LogP contribution in [-0.4, -0.2) is 69.8 Å². The monoisotopic (exact) mass is 643 g/mol. The lowest BCUT2D eigenvalue weighted by Gasteiger charge is -2.34. The predicted molar refractivity (Wildman–Crippen MR) is 181 cm³/mol. The molecule has 0 spiro atoms. The van der Waals surface area contributed by atoms with Crippen molar-refractivity contribution < 1.29 is 33.3 Å². The van der Waals surface area contributed by atoms with Crippen LogP contribution < -0.4 is 29.0 Å². The summed E-state index contributed by atoms with van der Waals surface area (Å²) in [5.74, 6) is 2.00. The second kappa shape index (κ2) is 15.6. The molecular formula is C37H45N3O7. The molecular weight excluding hydrogens is 598 g/mol. The first kappa shape index (κ1) is 33.5. The van der Waals surface area contributed by atoms with Gasteiger partial charge in [0.05, 0.1) is 42.0 Å². The Morgan fingerprint density at radius 2 is 1.51 bits per heavy atom. The summed E-state index contributed by atoms with van der Waals surface area (Å²) in [5, 5.41) is 4.26. The zero-order chi connectivity index (χ0) is 33.3. The van der Waals surface area contributed by atoms with Crippen molar-refractivity contribution in [3.63, 3.8) is 0 Å². The topological polar surface area (TPSA) is 111 Å². The fraction of sp³-hybridized carbons (Fsp3) is 0.405. The summed E-state index contributed by atoms with van der Waals surface area (Å²) in [6.07, 6.45) is 7.52. The third kappa shape index (κ3) is 7.59. The van der Waals surface area contributed by atoms with E-state index in [0.29, 0.717) is 40.7 Å². The Morgan fingerprint density at radius 1 is 0.830 bits per heavy atom. The highest BCUT2D eigenvalue weighted by Crippen LogP contribution is 2.41. The molecule has 47 heavy (non-hydrogen) atoms. The molecule has 1 fully saturated rings. The van der Waals surface area contributed by atoms with Gasteiger partial charge in [-0.1, -0.05) is 43.5 Å². The number of rotatable bonds is 14. The number of amides is 2. The summed E-state index contributed by atoms with van der Waals surface area (Å²) in [5.41, 5.74) is 3.30. The van der Waals surface area contributed by atoms with Crippen LogP contribution in [0.3, 0.4) is 0 Å². The van der Waals surface area contributed by atoms with Gasteiger partial charge in [-0.25, -0.2) is 0 Å². The molecule has 2 amide bonds. The normalized spacial score (nSPS) is 13.9. The van der Waals surface area contributed by atoms with E-state index in [1.54, 1.807) is 31.3 Å². The van der Waals surface area contributed by atoms with Gasteiger partial charge >= 0.3 is 0 Å². The van der Waals surface area contributed by atoms with Crippen LogP contribution in [-0.2, 0) is 22.4 Å². The molecule has 10 nitrogen and oxygen atoms in total. The van der Waals surface area contributed by atoms with Crippen LogP contribution in [0.5, 0.6) is 28.7 Å². The van der Waals surface area contributed by atoms with Gasteiger partial charge in [-0.2, -0.15) is 0 Å². The maximum atomic E-state index is 14.5. The van der Waals surface area contributed by atoms with Crippen molar-refractivity contribution in [3.05, 3.63) is 77.5 Å². The molecule has 250 valence electrons. The van der Waals surface area contributed by atoms with Gasteiger partial charge in [0.2, 0.25) is 17.6 Å². The van der Waals surface area contributed by atoms with Crippen molar-refractivity contribution in [1.29, 1.82) is 0 Å². The Kier molecular flexibility index (Phi) is 11.1. The number of aromatic nitrogens is 1. The lowest BCUT2D eigenvalue weighted by atomic mass is 9.94. The minimum absolute atomic E-state index is 0.0391. The number of para-hydroxylation sites is 1. The molecule has 10 heteroatoms. The van der Waals surface area contributed by atoms with E-state index in [2.05, 4.69) is 10.3 Å². The Balaban J connectivity index is 1.58. The second-order valence-electron chi connectivity index (χ2n) is 11.8. The van der Waals surface area contributed by atoms with E-state index in [-0.39, 0.29) is 30.8 Å². The van der Waals surface area contributed by atoms with Gasteiger partial charge in [0.1, 0.15) is 6.04 Å². The highest BCUT2D eigenvalue weighted by Gasteiger charge is 2.34. The number of nitrogens with zero attached hydrogens (tertiary/aromatic N) is 1. The number of nitrogens with one attached hydrogen (secondary N) is 2. The molecule has 2 N–H and O–H groups in total. The predicted octanol–water partition coefficient (Wildman–Crippen LogP) is 6.01. The summed E-state index contributed by atoms with van der Waals surface area (Å²) < 4.78 is 27.9. The average Bonchev–Trinajstić information content (AvgIpc) is 3.51. The molecule has 0 bridgehead atoms. The molecule has 0 radical (unpaired) electrons. The van der Waals surface area contributed by atoms with Gasteiger partial charge < -0.3 is 38.9 Å². The van der Waals surface area contributed by atoms with Gasteiger partial charge in [-0.3, -0.25) is 9.59 Å². The van der Waals surface area contributed by atoms with Crippen molar-refractivity contribution in [2.75, 3.05) is 42.1 Å². The Bertz CT molecular complexity index is 1650. The van der Waals surface area contributed by atoms with Crippen LogP contribution in [0.15, 0.2) is 60.8 Å².